The third-order valence-corrected chi connectivity index (χ3v) is 14.6. The first-order valence-corrected chi connectivity index (χ1v) is 28.3. The molecule has 8 aromatic rings. The molecule has 8 rings (SSSR count). The molecule has 0 amide bonds. The molecule has 2 aromatic heterocycles. The summed E-state index contributed by atoms with van der Waals surface area (Å²) in [6.45, 7) is 9.83. The Labute approximate surface area is 456 Å². The highest BCUT2D eigenvalue weighted by molar-refractivity contribution is 9.11. The zero-order valence-corrected chi connectivity index (χ0v) is 47.9. The van der Waals surface area contributed by atoms with Gasteiger partial charge in [0.15, 0.2) is 0 Å². The smallest absolute Gasteiger partial charge is 0.233 e. The average Bonchev–Trinajstić information content (AvgIpc) is 3.90. The molecule has 71 heavy (non-hydrogen) atoms. The van der Waals surface area contributed by atoms with Crippen molar-refractivity contribution in [1.29, 1.82) is 0 Å². The van der Waals surface area contributed by atoms with Crippen LogP contribution in [0.3, 0.4) is 0 Å². The lowest BCUT2D eigenvalue weighted by molar-refractivity contribution is 0.0816. The largest absolute Gasteiger partial charge is 0.494 e. The van der Waals surface area contributed by atoms with Gasteiger partial charge in [0.2, 0.25) is 11.6 Å². The summed E-state index contributed by atoms with van der Waals surface area (Å²) in [6.07, 6.45) is 14.7. The number of aryl methyl sites for hydroxylation is 2. The van der Waals surface area contributed by atoms with Crippen molar-refractivity contribution < 1.29 is 19.1 Å². The molecule has 0 N–H and O–H groups in total. The Balaban J connectivity index is 0.000000195. The number of ether oxygens (including phenoxy) is 2. The Kier molecular flexibility index (Phi) is 22.8. The second-order valence-electron chi connectivity index (χ2n) is 17.3. The normalized spacial score (nSPS) is 10.9. The summed E-state index contributed by atoms with van der Waals surface area (Å²) in [5.74, 6) is 0.528. The maximum Gasteiger partial charge on any atom is 0.233 e. The molecule has 8 nitrogen and oxygen atoms in total. The number of hydrogen-bond acceptors (Lipinski definition) is 9. The zero-order valence-electron chi connectivity index (χ0n) is 40.8. The number of carbonyl (C=O) groups is 2. The van der Waals surface area contributed by atoms with Crippen molar-refractivity contribution in [3.05, 3.63) is 161 Å². The molecule has 6 aromatic carbocycles. The molecule has 0 aliphatic rings. The number of Topliss-reactive ketones (excluding diaryl/α,β-unsaturated/α-hetero) is 2. The number of benzene rings is 6. The zero-order chi connectivity index (χ0) is 50.5. The molecule has 0 saturated carbocycles. The van der Waals surface area contributed by atoms with Gasteiger partial charge in [-0.3, -0.25) is 9.59 Å². The van der Waals surface area contributed by atoms with Crippen LogP contribution in [0, 0.1) is 13.8 Å². The molecular formula is C58H60Br4N4O4S. The van der Waals surface area contributed by atoms with E-state index in [2.05, 4.69) is 130 Å². The number of unbranched alkanes of at least 4 members (excludes halogenated alkanes) is 10. The van der Waals surface area contributed by atoms with Crippen LogP contribution in [0.2, 0.25) is 0 Å². The predicted octanol–water partition coefficient (Wildman–Crippen LogP) is 18.6. The number of carbonyl (C=O) groups excluding carboxylic acids is 2. The Morgan fingerprint density at radius 3 is 1.34 bits per heavy atom. The summed E-state index contributed by atoms with van der Waals surface area (Å²) < 4.78 is 23.9. The molecule has 370 valence electrons. The van der Waals surface area contributed by atoms with Crippen LogP contribution in [0.1, 0.15) is 123 Å². The van der Waals surface area contributed by atoms with E-state index in [9.17, 15) is 9.59 Å². The van der Waals surface area contributed by atoms with Gasteiger partial charge in [-0.2, -0.15) is 8.75 Å². The van der Waals surface area contributed by atoms with Crippen molar-refractivity contribution in [3.63, 3.8) is 0 Å². The van der Waals surface area contributed by atoms with E-state index < -0.39 is 11.6 Å². The maximum absolute atomic E-state index is 12.5. The summed E-state index contributed by atoms with van der Waals surface area (Å²) in [7, 11) is 0. The lowest BCUT2D eigenvalue weighted by atomic mass is 10.0. The van der Waals surface area contributed by atoms with Gasteiger partial charge in [-0.25, -0.2) is 9.97 Å². The van der Waals surface area contributed by atoms with E-state index in [1.54, 1.807) is 36.4 Å². The van der Waals surface area contributed by atoms with Gasteiger partial charge in [0, 0.05) is 40.1 Å². The third-order valence-electron chi connectivity index (χ3n) is 11.6. The van der Waals surface area contributed by atoms with Crippen molar-refractivity contribution in [2.45, 2.75) is 105 Å². The standard InChI is InChI=1S/C29H30Br2N2O.C23H28O3.C6H2Br2N2S/c1-3-4-5-6-7-8-17-34-23-14-10-13-22(19-23)27-26(21-12-9-11-20(2)18-21)32-28-24(30)15-16-25(31)29(28)33-27;1-3-4-5-6-7-8-15-26-21-14-10-13-20(17-21)23(25)22(24)19-12-9-11-18(2)16-19;7-3-1-2-4(8)6-5(3)9-11-10-6/h9-16,18-19H,3-8,17H2,1-2H3;9-14,16-17H,3-8,15H2,1-2H3;1-2H. The van der Waals surface area contributed by atoms with E-state index in [4.69, 9.17) is 19.4 Å². The van der Waals surface area contributed by atoms with Crippen LogP contribution in [0.4, 0.5) is 0 Å². The molecule has 0 unspecified atom stereocenters. The Bertz CT molecular complexity index is 2980. The minimum Gasteiger partial charge on any atom is -0.494 e. The number of aromatic nitrogens is 4. The van der Waals surface area contributed by atoms with E-state index in [1.807, 2.05) is 55.5 Å². The summed E-state index contributed by atoms with van der Waals surface area (Å²) >= 11 is 15.3. The van der Waals surface area contributed by atoms with Crippen LogP contribution in [0.5, 0.6) is 11.5 Å². The average molecular weight is 1230 g/mol. The van der Waals surface area contributed by atoms with Crippen molar-refractivity contribution in [1.82, 2.24) is 18.7 Å². The Hall–Kier alpha value is -4.66. The fraction of sp³-hybridized carbons (Fsp3) is 0.310. The van der Waals surface area contributed by atoms with Crippen LogP contribution < -0.4 is 9.47 Å². The number of fused-ring (bicyclic) bond motifs is 2. The first-order valence-electron chi connectivity index (χ1n) is 24.4. The molecule has 0 spiro atoms. The third kappa shape index (κ3) is 16.7. The van der Waals surface area contributed by atoms with Crippen molar-refractivity contribution in [3.8, 4) is 34.0 Å². The van der Waals surface area contributed by atoms with Crippen molar-refractivity contribution in [2.75, 3.05) is 13.2 Å². The number of ketones is 2. The Morgan fingerprint density at radius 1 is 0.451 bits per heavy atom. The molecule has 0 fully saturated rings. The summed E-state index contributed by atoms with van der Waals surface area (Å²) in [5.41, 5.74) is 10.2. The van der Waals surface area contributed by atoms with Crippen LogP contribution in [0.15, 0.2) is 139 Å². The fourth-order valence-electron chi connectivity index (χ4n) is 7.73. The summed E-state index contributed by atoms with van der Waals surface area (Å²) in [6, 6.07) is 38.5. The van der Waals surface area contributed by atoms with Gasteiger partial charge in [0.1, 0.15) is 33.6 Å². The monoisotopic (exact) mass is 1220 g/mol. The van der Waals surface area contributed by atoms with Crippen molar-refractivity contribution >= 4 is 109 Å². The second kappa shape index (κ2) is 29.1. The molecule has 0 bridgehead atoms. The molecule has 2 heterocycles. The first-order chi connectivity index (χ1) is 34.5. The highest BCUT2D eigenvalue weighted by Gasteiger charge is 2.20. The topological polar surface area (TPSA) is 104 Å². The molecule has 13 heteroatoms. The van der Waals surface area contributed by atoms with E-state index in [0.717, 1.165) is 99.7 Å². The molecule has 0 aliphatic heterocycles. The molecule has 0 saturated heterocycles. The number of nitrogens with zero attached hydrogens (tertiary/aromatic N) is 4. The lowest BCUT2D eigenvalue weighted by Crippen LogP contribution is -2.14. The van der Waals surface area contributed by atoms with Gasteiger partial charge in [0.25, 0.3) is 0 Å². The van der Waals surface area contributed by atoms with E-state index >= 15 is 0 Å². The predicted molar refractivity (Wildman–Crippen MR) is 307 cm³/mol. The molecular weight excluding hydrogens is 1170 g/mol. The van der Waals surface area contributed by atoms with Gasteiger partial charge in [0.05, 0.1) is 36.3 Å². The molecule has 0 atom stereocenters. The fourth-order valence-corrected chi connectivity index (χ4v) is 10.2. The summed E-state index contributed by atoms with van der Waals surface area (Å²) in [5, 5.41) is 0. The first kappa shape index (κ1) is 55.7. The molecule has 0 aliphatic carbocycles. The maximum atomic E-state index is 12.5. The molecule has 0 radical (unpaired) electrons. The van der Waals surface area contributed by atoms with Crippen LogP contribution in [-0.4, -0.2) is 43.5 Å². The van der Waals surface area contributed by atoms with E-state index in [0.29, 0.717) is 23.5 Å². The number of rotatable bonds is 21. The van der Waals surface area contributed by atoms with Gasteiger partial charge in [-0.15, -0.1) is 0 Å². The van der Waals surface area contributed by atoms with Gasteiger partial charge >= 0.3 is 0 Å². The second-order valence-corrected chi connectivity index (χ2v) is 21.3. The van der Waals surface area contributed by atoms with Crippen LogP contribution in [0.25, 0.3) is 44.6 Å². The lowest BCUT2D eigenvalue weighted by Gasteiger charge is -2.14. The highest BCUT2D eigenvalue weighted by Crippen LogP contribution is 2.37. The van der Waals surface area contributed by atoms with Gasteiger partial charge in [-0.05, 0) is 151 Å². The summed E-state index contributed by atoms with van der Waals surface area (Å²) in [4.78, 5) is 35.1. The van der Waals surface area contributed by atoms with Crippen LogP contribution >= 0.6 is 75.4 Å². The van der Waals surface area contributed by atoms with Crippen molar-refractivity contribution in [2.24, 2.45) is 0 Å². The quantitative estimate of drug-likeness (QED) is 0.0398. The minimum absolute atomic E-state index is 0.372. The SMILES string of the molecule is Brc1ccc(Br)c2nsnc12.CCCCCCCCOc1cccc(-c2nc3c(Br)ccc(Br)c3nc2-c2cccc(C)c2)c1.CCCCCCCCOc1cccc(C(=O)C(=O)c2cccc(C)c2)c1. The van der Waals surface area contributed by atoms with Crippen LogP contribution in [-0.2, 0) is 0 Å². The minimum atomic E-state index is -0.499. The highest BCUT2D eigenvalue weighted by atomic mass is 79.9. The Morgan fingerprint density at radius 2 is 0.845 bits per heavy atom. The number of hydrogen-bond donors (Lipinski definition) is 0. The number of halogens is 4. The van der Waals surface area contributed by atoms with Gasteiger partial charge < -0.3 is 9.47 Å². The van der Waals surface area contributed by atoms with E-state index in [-0.39, 0.29) is 0 Å². The van der Waals surface area contributed by atoms with Gasteiger partial charge in [-0.1, -0.05) is 150 Å². The van der Waals surface area contributed by atoms with E-state index in [1.165, 1.54) is 75.1 Å².